The number of amides is 2. The van der Waals surface area contributed by atoms with Crippen LogP contribution in [0.25, 0.3) is 0 Å². The Morgan fingerprint density at radius 2 is 1.81 bits per heavy atom. The zero-order chi connectivity index (χ0) is 19.0. The quantitative estimate of drug-likeness (QED) is 0.881. The molecule has 0 bridgehead atoms. The minimum absolute atomic E-state index is 0.0776. The van der Waals surface area contributed by atoms with E-state index in [1.54, 1.807) is 13.8 Å². The highest BCUT2D eigenvalue weighted by molar-refractivity contribution is 6.08. The van der Waals surface area contributed by atoms with E-state index in [9.17, 15) is 18.4 Å². The molecule has 5 nitrogen and oxygen atoms in total. The third kappa shape index (κ3) is 3.12. The fourth-order valence-electron chi connectivity index (χ4n) is 3.20. The Hall–Kier alpha value is -2.96. The lowest BCUT2D eigenvalue weighted by Crippen LogP contribution is -2.36. The fraction of sp³-hybridized carbons (Fsp3) is 0.263. The number of carbonyl (C=O) groups excluding carboxylic acids is 2. The predicted octanol–water partition coefficient (Wildman–Crippen LogP) is 3.18. The van der Waals surface area contributed by atoms with Crippen molar-refractivity contribution in [3.63, 3.8) is 0 Å². The van der Waals surface area contributed by atoms with Crippen molar-refractivity contribution in [3.05, 3.63) is 58.7 Å². The molecule has 0 saturated heterocycles. The Balaban J connectivity index is 2.04. The molecule has 2 aromatic rings. The lowest BCUT2D eigenvalue weighted by atomic mass is 9.95. The highest BCUT2D eigenvalue weighted by atomic mass is 19.1. The lowest BCUT2D eigenvalue weighted by Gasteiger charge is -2.23. The van der Waals surface area contributed by atoms with E-state index in [-0.39, 0.29) is 24.1 Å². The van der Waals surface area contributed by atoms with Crippen LogP contribution in [0.3, 0.4) is 0 Å². The summed E-state index contributed by atoms with van der Waals surface area (Å²) in [6, 6.07) is 6.79. The number of fused-ring (bicyclic) bond motifs is 1. The number of benzene rings is 2. The Kier molecular flexibility index (Phi) is 4.63. The van der Waals surface area contributed by atoms with Gasteiger partial charge in [0.05, 0.1) is 17.3 Å². The summed E-state index contributed by atoms with van der Waals surface area (Å²) in [5.41, 5.74) is 5.71. The molecular formula is C19H19F2N3O2. The van der Waals surface area contributed by atoms with Gasteiger partial charge in [-0.1, -0.05) is 0 Å². The number of halogens is 2. The van der Waals surface area contributed by atoms with Crippen molar-refractivity contribution in [2.24, 2.45) is 0 Å². The van der Waals surface area contributed by atoms with Crippen LogP contribution in [0.15, 0.2) is 30.3 Å². The first-order valence-corrected chi connectivity index (χ1v) is 8.19. The molecule has 1 aliphatic rings. The summed E-state index contributed by atoms with van der Waals surface area (Å²) in [5, 5.41) is 3.80. The first-order valence-electron chi connectivity index (χ1n) is 8.19. The van der Waals surface area contributed by atoms with Crippen molar-refractivity contribution in [2.45, 2.75) is 26.2 Å². The summed E-state index contributed by atoms with van der Waals surface area (Å²) in [5.74, 6) is -2.29. The molecule has 136 valence electrons. The number of nitrogens with one attached hydrogen (secondary N) is 2. The van der Waals surface area contributed by atoms with Gasteiger partial charge < -0.3 is 5.32 Å². The van der Waals surface area contributed by atoms with Gasteiger partial charge in [0, 0.05) is 13.5 Å². The molecule has 2 N–H and O–H groups in total. The van der Waals surface area contributed by atoms with Crippen molar-refractivity contribution in [1.29, 1.82) is 0 Å². The molecule has 26 heavy (non-hydrogen) atoms. The van der Waals surface area contributed by atoms with Crippen molar-refractivity contribution < 1.29 is 18.4 Å². The highest BCUT2D eigenvalue weighted by Gasteiger charge is 2.40. The molecular weight excluding hydrogens is 340 g/mol. The van der Waals surface area contributed by atoms with Crippen LogP contribution >= 0.6 is 0 Å². The molecule has 1 atom stereocenters. The van der Waals surface area contributed by atoms with Gasteiger partial charge in [0.1, 0.15) is 11.6 Å². The smallest absolute Gasteiger partial charge is 0.253 e. The summed E-state index contributed by atoms with van der Waals surface area (Å²) < 4.78 is 27.2. The maximum Gasteiger partial charge on any atom is 0.253 e. The monoisotopic (exact) mass is 359 g/mol. The van der Waals surface area contributed by atoms with Crippen molar-refractivity contribution in [2.75, 3.05) is 17.5 Å². The number of hydrogen-bond donors (Lipinski definition) is 2. The molecule has 2 amide bonds. The molecule has 0 radical (unpaired) electrons. The van der Waals surface area contributed by atoms with E-state index in [2.05, 4.69) is 10.7 Å². The summed E-state index contributed by atoms with van der Waals surface area (Å²) in [6.45, 7) is 3.41. The fourth-order valence-corrected chi connectivity index (χ4v) is 3.20. The topological polar surface area (TPSA) is 61.4 Å². The number of nitrogens with zero attached hydrogens (tertiary/aromatic N) is 1. The first kappa shape index (κ1) is 17.8. The summed E-state index contributed by atoms with van der Waals surface area (Å²) in [4.78, 5) is 24.8. The largest absolute Gasteiger partial charge is 0.359 e. The number of carbonyl (C=O) groups is 2. The zero-order valence-corrected chi connectivity index (χ0v) is 14.7. The molecule has 0 fully saturated rings. The molecule has 1 aliphatic heterocycles. The average molecular weight is 359 g/mol. The molecule has 7 heteroatoms. The molecule has 0 spiro atoms. The van der Waals surface area contributed by atoms with Crippen LogP contribution in [0.1, 0.15) is 29.0 Å². The van der Waals surface area contributed by atoms with E-state index in [1.165, 1.54) is 42.4 Å². The predicted molar refractivity (Wildman–Crippen MR) is 94.8 cm³/mol. The number of hydrazine groups is 1. The number of rotatable bonds is 4. The van der Waals surface area contributed by atoms with Gasteiger partial charge in [-0.05, 0) is 60.9 Å². The van der Waals surface area contributed by atoms with Crippen LogP contribution in [0.4, 0.5) is 20.2 Å². The van der Waals surface area contributed by atoms with Crippen LogP contribution < -0.4 is 15.8 Å². The van der Waals surface area contributed by atoms with Gasteiger partial charge in [0.2, 0.25) is 5.91 Å². The zero-order valence-electron chi connectivity index (χ0n) is 14.7. The van der Waals surface area contributed by atoms with E-state index in [0.717, 1.165) is 0 Å². The van der Waals surface area contributed by atoms with Gasteiger partial charge in [-0.3, -0.25) is 15.0 Å². The Morgan fingerprint density at radius 1 is 1.12 bits per heavy atom. The molecule has 2 aromatic carbocycles. The number of hydrogen-bond acceptors (Lipinski definition) is 3. The number of aryl methyl sites for hydroxylation is 2. The minimum Gasteiger partial charge on any atom is -0.359 e. The minimum atomic E-state index is -0.785. The average Bonchev–Trinajstić information content (AvgIpc) is 2.82. The van der Waals surface area contributed by atoms with Gasteiger partial charge in [-0.2, -0.15) is 0 Å². The van der Waals surface area contributed by atoms with Crippen LogP contribution in [0.5, 0.6) is 0 Å². The van der Waals surface area contributed by atoms with Gasteiger partial charge in [0.15, 0.2) is 0 Å². The maximum absolute atomic E-state index is 13.9. The highest BCUT2D eigenvalue weighted by Crippen LogP contribution is 2.42. The van der Waals surface area contributed by atoms with E-state index >= 15 is 0 Å². The van der Waals surface area contributed by atoms with Gasteiger partial charge >= 0.3 is 0 Å². The summed E-state index contributed by atoms with van der Waals surface area (Å²) in [7, 11) is 1.48. The molecule has 3 rings (SSSR count). The van der Waals surface area contributed by atoms with E-state index in [0.29, 0.717) is 28.1 Å². The van der Waals surface area contributed by atoms with E-state index < -0.39 is 11.7 Å². The van der Waals surface area contributed by atoms with Crippen LogP contribution in [-0.2, 0) is 9.59 Å². The standard InChI is InChI=1S/C19H19F2N3O2/c1-10-6-12(20)4-5-16(10)23-24-18-11(2)7-13(21)8-14(18)15(19(24)26)9-17(25)22-3/h4-8,15,23H,9H2,1-3H3,(H,22,25). The summed E-state index contributed by atoms with van der Waals surface area (Å²) in [6.07, 6.45) is -0.0776. The second-order valence-electron chi connectivity index (χ2n) is 6.34. The van der Waals surface area contributed by atoms with Gasteiger partial charge in [0.25, 0.3) is 5.91 Å². The maximum atomic E-state index is 13.9. The van der Waals surface area contributed by atoms with Crippen LogP contribution in [0, 0.1) is 25.5 Å². The Labute approximate surface area is 150 Å². The SMILES string of the molecule is CNC(=O)CC1C(=O)N(Nc2ccc(F)cc2C)c2c(C)cc(F)cc21. The molecule has 0 saturated carbocycles. The second-order valence-corrected chi connectivity index (χ2v) is 6.34. The second kappa shape index (κ2) is 6.74. The third-order valence-corrected chi connectivity index (χ3v) is 4.50. The normalized spacial score (nSPS) is 15.8. The van der Waals surface area contributed by atoms with Crippen molar-refractivity contribution >= 4 is 23.2 Å². The first-order chi connectivity index (χ1) is 12.3. The van der Waals surface area contributed by atoms with E-state index in [1.807, 2.05) is 0 Å². The summed E-state index contributed by atoms with van der Waals surface area (Å²) >= 11 is 0. The van der Waals surface area contributed by atoms with Crippen LogP contribution in [-0.4, -0.2) is 18.9 Å². The van der Waals surface area contributed by atoms with Gasteiger partial charge in [-0.25, -0.2) is 13.8 Å². The molecule has 0 aromatic heterocycles. The molecule has 0 aliphatic carbocycles. The number of anilines is 2. The Morgan fingerprint density at radius 3 is 2.46 bits per heavy atom. The lowest BCUT2D eigenvalue weighted by molar-refractivity contribution is -0.125. The van der Waals surface area contributed by atoms with Gasteiger partial charge in [-0.15, -0.1) is 0 Å². The Bertz CT molecular complexity index is 899. The van der Waals surface area contributed by atoms with Crippen molar-refractivity contribution in [1.82, 2.24) is 5.32 Å². The van der Waals surface area contributed by atoms with Crippen molar-refractivity contribution in [3.8, 4) is 0 Å². The van der Waals surface area contributed by atoms with E-state index in [4.69, 9.17) is 0 Å². The molecule has 1 unspecified atom stereocenters. The third-order valence-electron chi connectivity index (χ3n) is 4.50. The molecule has 1 heterocycles. The van der Waals surface area contributed by atoms with Crippen LogP contribution in [0.2, 0.25) is 0 Å².